The summed E-state index contributed by atoms with van der Waals surface area (Å²) in [5, 5.41) is 12.5. The van der Waals surface area contributed by atoms with E-state index in [1.807, 2.05) is 34.6 Å². The summed E-state index contributed by atoms with van der Waals surface area (Å²) in [5.41, 5.74) is -0.946. The number of halogens is 1. The van der Waals surface area contributed by atoms with Crippen molar-refractivity contribution in [3.05, 3.63) is 68.2 Å². The second-order valence-electron chi connectivity index (χ2n) is 28.2. The van der Waals surface area contributed by atoms with Crippen LogP contribution in [0.25, 0.3) is 10.4 Å². The highest BCUT2D eigenvalue weighted by atomic mass is 79.9. The topological polar surface area (TPSA) is 321 Å². The summed E-state index contributed by atoms with van der Waals surface area (Å²) in [6.07, 6.45) is 2.76. The number of alkyl carbamates (subject to hydrolysis) is 2. The lowest BCUT2D eigenvalue weighted by Crippen LogP contribution is -2.52. The minimum absolute atomic E-state index is 0.000503. The molecule has 2 saturated heterocycles. The molecule has 4 atom stereocenters. The van der Waals surface area contributed by atoms with Gasteiger partial charge in [0.2, 0.25) is 26.0 Å². The van der Waals surface area contributed by atoms with Crippen molar-refractivity contribution in [2.75, 3.05) is 23.7 Å². The molecule has 2 aliphatic rings. The Morgan fingerprint density at radius 3 is 1.41 bits per heavy atom. The highest BCUT2D eigenvalue weighted by Gasteiger charge is 2.40. The van der Waals surface area contributed by atoms with Crippen LogP contribution in [-0.2, 0) is 48.5 Å². The van der Waals surface area contributed by atoms with Crippen molar-refractivity contribution in [1.82, 2.24) is 39.8 Å². The van der Waals surface area contributed by atoms with Gasteiger partial charge in [-0.2, -0.15) is 0 Å². The third-order valence-electron chi connectivity index (χ3n) is 12.7. The summed E-state index contributed by atoms with van der Waals surface area (Å²) in [6.45, 7) is 38.1. The Balaban J connectivity index is 0.000000330. The first-order valence-electron chi connectivity index (χ1n) is 31.2. The molecule has 30 heteroatoms. The molecule has 0 spiro atoms. The fourth-order valence-corrected chi connectivity index (χ4v) is 15.3. The lowest BCUT2D eigenvalue weighted by Gasteiger charge is -2.39. The molecule has 0 radical (unpaired) electrons. The number of hydrogen-bond donors (Lipinski definition) is 6. The van der Waals surface area contributed by atoms with Crippen LogP contribution in [-0.4, -0.2) is 139 Å². The lowest BCUT2D eigenvalue weighted by atomic mass is 9.99. The summed E-state index contributed by atoms with van der Waals surface area (Å²) in [5.74, 6) is -0.0691. The molecule has 2 aromatic heterocycles. The van der Waals surface area contributed by atoms with E-state index in [9.17, 15) is 45.6 Å². The maximum absolute atomic E-state index is 13.7. The zero-order chi connectivity index (χ0) is 71.2. The van der Waals surface area contributed by atoms with Gasteiger partial charge in [0.05, 0.1) is 67.1 Å². The van der Waals surface area contributed by atoms with Gasteiger partial charge in [-0.05, 0) is 209 Å². The third-order valence-corrected chi connectivity index (χ3v) is 19.1. The molecule has 2 aliphatic heterocycles. The van der Waals surface area contributed by atoms with Crippen LogP contribution >= 0.6 is 38.6 Å². The molecule has 6 rings (SSSR count). The van der Waals surface area contributed by atoms with Crippen LogP contribution in [0.2, 0.25) is 0 Å². The van der Waals surface area contributed by atoms with Crippen molar-refractivity contribution in [1.29, 1.82) is 0 Å². The number of aromatic nitrogens is 2. The highest BCUT2D eigenvalue weighted by Crippen LogP contribution is 2.41. The Hall–Kier alpha value is -6.18. The number of sulfonamides is 2. The minimum Gasteiger partial charge on any atom is -0.447 e. The van der Waals surface area contributed by atoms with Gasteiger partial charge in [-0.3, -0.25) is 19.9 Å². The van der Waals surface area contributed by atoms with Crippen molar-refractivity contribution >= 4 is 106 Å². The van der Waals surface area contributed by atoms with Gasteiger partial charge in [-0.15, -0.1) is 22.7 Å². The molecule has 25 nitrogen and oxygen atoms in total. The van der Waals surface area contributed by atoms with Crippen molar-refractivity contribution in [3.63, 3.8) is 0 Å². The third kappa shape index (κ3) is 27.5. The molecule has 0 bridgehead atoms. The van der Waals surface area contributed by atoms with Crippen molar-refractivity contribution in [2.45, 2.75) is 252 Å². The van der Waals surface area contributed by atoms with Crippen LogP contribution in [0.5, 0.6) is 0 Å². The normalized spacial score (nSPS) is 17.3. The Morgan fingerprint density at radius 1 is 0.574 bits per heavy atom. The van der Waals surface area contributed by atoms with Crippen molar-refractivity contribution in [3.8, 4) is 10.4 Å². The van der Waals surface area contributed by atoms with Crippen LogP contribution in [0.1, 0.15) is 198 Å². The molecule has 6 amide bonds. The van der Waals surface area contributed by atoms with E-state index in [1.54, 1.807) is 157 Å². The summed E-state index contributed by atoms with van der Waals surface area (Å²) in [6, 6.07) is 8.31. The van der Waals surface area contributed by atoms with Crippen molar-refractivity contribution < 1.29 is 69.3 Å². The van der Waals surface area contributed by atoms with Gasteiger partial charge in [0.15, 0.2) is 0 Å². The first-order chi connectivity index (χ1) is 43.1. The molecular weight excluding hydrogens is 1360 g/mol. The Labute approximate surface area is 572 Å². The van der Waals surface area contributed by atoms with E-state index in [2.05, 4.69) is 56.6 Å². The van der Waals surface area contributed by atoms with E-state index in [0.29, 0.717) is 64.6 Å². The quantitative estimate of drug-likeness (QED) is 0.0568. The molecule has 2 aromatic carbocycles. The van der Waals surface area contributed by atoms with Gasteiger partial charge in [0.25, 0.3) is 0 Å². The second kappa shape index (κ2) is 33.7. The van der Waals surface area contributed by atoms with Gasteiger partial charge in [-0.25, -0.2) is 60.2 Å². The standard InChI is InChI=1S/C32H49N5O7S2.C17H26BrN3O4S.C15H24N2O4S/c1-19(2)15-27(38)34-21-11-13-23(26(16-21)46(41,42)36-31(5,6)7)25-17-33-28(45-25)24-14-12-22(35-29(39)43-20(3)4)18-37(24)30(40)44-32(8,9)10;1-10(2)24-15(22)20-11-6-7-12(14-19-8-13(18)26-14)21(9-11)16(23)25-17(3,4)5;1-10(2)21-14(18)16-12-8-7-11(3)13(9-12)22(19,20)17-15(4,5)6/h11,13,16-17,19-20,22,24,36H,12,14-15,18H2,1-10H3,(H,34,38)(H,35,39);8,10-12H,6-7,9H2,1-5H3,(H,20,22);7-10,17H,1-6H3,(H,16,18)/t22-,24?;11-,12+;/m11./s1. The molecule has 4 heterocycles. The monoisotopic (exact) mass is 1450 g/mol. The van der Waals surface area contributed by atoms with Crippen LogP contribution in [0.3, 0.4) is 0 Å². The fraction of sp³-hybridized carbons (Fsp3) is 0.625. The maximum Gasteiger partial charge on any atom is 0.411 e. The summed E-state index contributed by atoms with van der Waals surface area (Å²) in [7, 11) is -7.70. The number of carbonyl (C=O) groups is 6. The van der Waals surface area contributed by atoms with E-state index in [0.717, 1.165) is 15.2 Å². The number of benzene rings is 2. The number of nitrogens with zero attached hydrogens (tertiary/aromatic N) is 4. The number of hydrogen-bond acceptors (Lipinski definition) is 19. The number of aryl methyl sites for hydroxylation is 1. The molecule has 2 fully saturated rings. The first-order valence-corrected chi connectivity index (χ1v) is 36.6. The van der Waals surface area contributed by atoms with Crippen LogP contribution in [0.4, 0.5) is 35.3 Å². The second-order valence-corrected chi connectivity index (χ2v) is 35.0. The molecule has 4 aromatic rings. The minimum atomic E-state index is -4.02. The Bertz CT molecular complexity index is 3480. The number of ether oxygens (including phenoxy) is 5. The Kier molecular flexibility index (Phi) is 28.7. The summed E-state index contributed by atoms with van der Waals surface area (Å²) in [4.78, 5) is 87.4. The summed E-state index contributed by atoms with van der Waals surface area (Å²) < 4.78 is 85.1. The van der Waals surface area contributed by atoms with Gasteiger partial charge in [-0.1, -0.05) is 26.0 Å². The van der Waals surface area contributed by atoms with E-state index in [1.165, 1.54) is 34.8 Å². The number of nitrogens with one attached hydrogen (secondary N) is 6. The molecule has 0 saturated carbocycles. The molecular formula is C64H99BrN10O15S4. The van der Waals surface area contributed by atoms with Crippen LogP contribution in [0, 0.1) is 12.8 Å². The zero-order valence-electron chi connectivity index (χ0n) is 58.1. The molecule has 6 N–H and O–H groups in total. The van der Waals surface area contributed by atoms with Gasteiger partial charge < -0.3 is 39.6 Å². The largest absolute Gasteiger partial charge is 0.447 e. The van der Waals surface area contributed by atoms with E-state index in [-0.39, 0.29) is 64.6 Å². The predicted octanol–water partition coefficient (Wildman–Crippen LogP) is 14.0. The SMILES string of the molecule is CC(C)CC(=O)Nc1ccc(-c2cnc(C3CC[C@@H](NC(=O)OC(C)C)CN3C(=O)OC(C)(C)C)s2)c(S(=O)(=O)NC(C)(C)C)c1.CC(C)OC(=O)N[C@@H]1CC[C@@H](c2ncc(Br)s2)N(C(=O)OC(C)(C)C)C1.Cc1ccc(NC(=O)OC(C)C)cc1S(=O)(=O)NC(C)(C)C. The number of thiazole rings is 2. The molecule has 1 unspecified atom stereocenters. The van der Waals surface area contributed by atoms with Gasteiger partial charge >= 0.3 is 30.5 Å². The van der Waals surface area contributed by atoms with Gasteiger partial charge in [0.1, 0.15) is 21.2 Å². The number of rotatable bonds is 16. The van der Waals surface area contributed by atoms with E-state index in [4.69, 9.17) is 23.7 Å². The number of piperidine rings is 2. The number of carbonyl (C=O) groups excluding carboxylic acids is 6. The zero-order valence-corrected chi connectivity index (χ0v) is 63.0. The average molecular weight is 1460 g/mol. The number of anilines is 2. The molecule has 0 aliphatic carbocycles. The Morgan fingerprint density at radius 2 is 0.989 bits per heavy atom. The average Bonchev–Trinajstić information content (AvgIpc) is 1.41. The van der Waals surface area contributed by atoms with Crippen LogP contribution in [0.15, 0.2) is 62.4 Å². The highest BCUT2D eigenvalue weighted by molar-refractivity contribution is 9.11. The number of amides is 6. The first kappa shape index (κ1) is 80.3. The van der Waals surface area contributed by atoms with E-state index >= 15 is 0 Å². The number of likely N-dealkylation sites (tertiary alicyclic amines) is 2. The smallest absolute Gasteiger partial charge is 0.411 e. The maximum atomic E-state index is 13.7. The molecule has 94 heavy (non-hydrogen) atoms. The predicted molar refractivity (Wildman–Crippen MR) is 369 cm³/mol. The fourth-order valence-electron chi connectivity index (χ4n) is 9.41. The lowest BCUT2D eigenvalue weighted by molar-refractivity contribution is -0.116. The molecule has 526 valence electrons. The van der Waals surface area contributed by atoms with E-state index < -0.39 is 78.8 Å². The van der Waals surface area contributed by atoms with Crippen molar-refractivity contribution in [2.24, 2.45) is 5.92 Å². The van der Waals surface area contributed by atoms with Gasteiger partial charge in [0, 0.05) is 53.7 Å². The van der Waals surface area contributed by atoms with Crippen LogP contribution < -0.4 is 30.7 Å². The summed E-state index contributed by atoms with van der Waals surface area (Å²) >= 11 is 6.20.